The highest BCUT2D eigenvalue weighted by Crippen LogP contribution is 1.99. The Hall–Kier alpha value is -1.36. The van der Waals surface area contributed by atoms with E-state index in [0.29, 0.717) is 19.1 Å². The Labute approximate surface area is 96.2 Å². The first kappa shape index (κ1) is 12.7. The Morgan fingerprint density at radius 1 is 1.69 bits per heavy atom. The molecule has 90 valence electrons. The molecule has 5 nitrogen and oxygen atoms in total. The van der Waals surface area contributed by atoms with Crippen molar-refractivity contribution in [3.05, 3.63) is 18.0 Å². The van der Waals surface area contributed by atoms with Crippen molar-refractivity contribution in [2.24, 2.45) is 0 Å². The number of rotatable bonds is 6. The molecular weight excluding hydrogens is 204 g/mol. The van der Waals surface area contributed by atoms with Crippen LogP contribution in [0, 0.1) is 0 Å². The van der Waals surface area contributed by atoms with Crippen LogP contribution in [0.2, 0.25) is 0 Å². The highest BCUT2D eigenvalue weighted by atomic mass is 16.2. The van der Waals surface area contributed by atoms with Crippen molar-refractivity contribution in [2.75, 3.05) is 13.6 Å². The first-order valence-electron chi connectivity index (χ1n) is 5.58. The van der Waals surface area contributed by atoms with E-state index in [1.54, 1.807) is 24.3 Å². The predicted octanol–water partition coefficient (Wildman–Crippen LogP) is 0.756. The van der Waals surface area contributed by atoms with Crippen LogP contribution in [0.5, 0.6) is 0 Å². The molecule has 0 spiro atoms. The number of hydrogen-bond donors (Lipinski definition) is 2. The summed E-state index contributed by atoms with van der Waals surface area (Å²) in [5, 5.41) is 9.75. The lowest BCUT2D eigenvalue weighted by Gasteiger charge is -2.18. The molecule has 0 bridgehead atoms. The van der Waals surface area contributed by atoms with Crippen molar-refractivity contribution >= 4 is 5.91 Å². The molecule has 1 unspecified atom stereocenters. The summed E-state index contributed by atoms with van der Waals surface area (Å²) in [5.74, 6) is 0.0986. The third kappa shape index (κ3) is 4.02. The predicted molar refractivity (Wildman–Crippen MR) is 62.8 cm³/mol. The van der Waals surface area contributed by atoms with Gasteiger partial charge in [0.1, 0.15) is 0 Å². The van der Waals surface area contributed by atoms with E-state index in [0.717, 1.165) is 12.0 Å². The van der Waals surface area contributed by atoms with Gasteiger partial charge in [-0.3, -0.25) is 9.89 Å². The minimum absolute atomic E-state index is 0.0986. The summed E-state index contributed by atoms with van der Waals surface area (Å²) in [5.41, 5.74) is 1.01. The molecule has 16 heavy (non-hydrogen) atoms. The fourth-order valence-corrected chi connectivity index (χ4v) is 1.27. The smallest absolute Gasteiger partial charge is 0.236 e. The molecule has 0 aliphatic rings. The zero-order chi connectivity index (χ0) is 12.0. The molecule has 1 rings (SSSR count). The quantitative estimate of drug-likeness (QED) is 0.750. The van der Waals surface area contributed by atoms with Crippen LogP contribution in [0.25, 0.3) is 0 Å². The number of aromatic amines is 1. The number of amides is 1. The average molecular weight is 224 g/mol. The summed E-state index contributed by atoms with van der Waals surface area (Å²) in [7, 11) is 1.80. The van der Waals surface area contributed by atoms with Crippen LogP contribution in [0.15, 0.2) is 12.4 Å². The largest absolute Gasteiger partial charge is 0.340 e. The third-order valence-electron chi connectivity index (χ3n) is 2.61. The van der Waals surface area contributed by atoms with Crippen molar-refractivity contribution in [1.82, 2.24) is 20.4 Å². The van der Waals surface area contributed by atoms with Crippen LogP contribution >= 0.6 is 0 Å². The van der Waals surface area contributed by atoms with Crippen LogP contribution in [0.4, 0.5) is 0 Å². The number of aromatic nitrogens is 2. The van der Waals surface area contributed by atoms with Gasteiger partial charge in [0.05, 0.1) is 12.7 Å². The lowest BCUT2D eigenvalue weighted by atomic mass is 10.2. The Balaban J connectivity index is 2.31. The molecule has 0 fully saturated rings. The molecule has 0 aromatic carbocycles. The molecule has 1 atom stereocenters. The molecule has 1 heterocycles. The summed E-state index contributed by atoms with van der Waals surface area (Å²) in [6, 6.07) is 0.381. The van der Waals surface area contributed by atoms with Gasteiger partial charge in [-0.15, -0.1) is 0 Å². The van der Waals surface area contributed by atoms with Gasteiger partial charge in [0.2, 0.25) is 5.91 Å². The molecule has 1 amide bonds. The summed E-state index contributed by atoms with van der Waals surface area (Å²) < 4.78 is 0. The molecule has 0 saturated heterocycles. The van der Waals surface area contributed by atoms with Crippen LogP contribution < -0.4 is 5.32 Å². The normalized spacial score (nSPS) is 12.4. The Morgan fingerprint density at radius 2 is 2.44 bits per heavy atom. The summed E-state index contributed by atoms with van der Waals surface area (Å²) in [6.45, 7) is 5.15. The van der Waals surface area contributed by atoms with Crippen LogP contribution in [-0.4, -0.2) is 40.6 Å². The molecule has 1 aromatic rings. The van der Waals surface area contributed by atoms with Crippen LogP contribution in [0.3, 0.4) is 0 Å². The summed E-state index contributed by atoms with van der Waals surface area (Å²) in [6.07, 6.45) is 4.55. The maximum atomic E-state index is 11.7. The number of nitrogens with zero attached hydrogens (tertiary/aromatic N) is 2. The maximum Gasteiger partial charge on any atom is 0.236 e. The first-order valence-corrected chi connectivity index (χ1v) is 5.58. The fraction of sp³-hybridized carbons (Fsp3) is 0.636. The molecule has 5 heteroatoms. The highest BCUT2D eigenvalue weighted by molar-refractivity contribution is 5.77. The van der Waals surface area contributed by atoms with Gasteiger partial charge in [-0.05, 0) is 13.3 Å². The van der Waals surface area contributed by atoms with Gasteiger partial charge in [-0.2, -0.15) is 5.10 Å². The Bertz CT molecular complexity index is 310. The van der Waals surface area contributed by atoms with Crippen molar-refractivity contribution in [3.63, 3.8) is 0 Å². The van der Waals surface area contributed by atoms with Crippen molar-refractivity contribution in [3.8, 4) is 0 Å². The third-order valence-corrected chi connectivity index (χ3v) is 2.61. The maximum absolute atomic E-state index is 11.7. The molecule has 2 N–H and O–H groups in total. The van der Waals surface area contributed by atoms with Gasteiger partial charge in [-0.1, -0.05) is 6.92 Å². The summed E-state index contributed by atoms with van der Waals surface area (Å²) in [4.78, 5) is 13.4. The van der Waals surface area contributed by atoms with Gasteiger partial charge in [0.25, 0.3) is 0 Å². The SMILES string of the molecule is CCC(C)NCC(=O)N(C)Cc1cn[nH]c1. The number of carbonyl (C=O) groups excluding carboxylic acids is 1. The zero-order valence-corrected chi connectivity index (χ0v) is 10.2. The van der Waals surface area contributed by atoms with Crippen molar-refractivity contribution in [2.45, 2.75) is 32.9 Å². The van der Waals surface area contributed by atoms with E-state index in [2.05, 4.69) is 29.4 Å². The van der Waals surface area contributed by atoms with Gasteiger partial charge >= 0.3 is 0 Å². The summed E-state index contributed by atoms with van der Waals surface area (Å²) >= 11 is 0. The number of nitrogens with one attached hydrogen (secondary N) is 2. The van der Waals surface area contributed by atoms with Gasteiger partial charge in [-0.25, -0.2) is 0 Å². The van der Waals surface area contributed by atoms with E-state index in [1.807, 2.05) is 0 Å². The fourth-order valence-electron chi connectivity index (χ4n) is 1.27. The van der Waals surface area contributed by atoms with E-state index >= 15 is 0 Å². The molecule has 0 aliphatic carbocycles. The molecule has 0 radical (unpaired) electrons. The van der Waals surface area contributed by atoms with Gasteiger partial charge < -0.3 is 10.2 Å². The topological polar surface area (TPSA) is 61.0 Å². The van der Waals surface area contributed by atoms with E-state index in [9.17, 15) is 4.79 Å². The molecule has 0 saturated carbocycles. The average Bonchev–Trinajstić information content (AvgIpc) is 2.77. The van der Waals surface area contributed by atoms with E-state index in [1.165, 1.54) is 0 Å². The zero-order valence-electron chi connectivity index (χ0n) is 10.2. The minimum atomic E-state index is 0.0986. The van der Waals surface area contributed by atoms with E-state index < -0.39 is 0 Å². The second-order valence-corrected chi connectivity index (χ2v) is 4.05. The second kappa shape index (κ2) is 6.27. The molecule has 1 aromatic heterocycles. The highest BCUT2D eigenvalue weighted by Gasteiger charge is 2.10. The first-order chi connectivity index (χ1) is 7.63. The lowest BCUT2D eigenvalue weighted by molar-refractivity contribution is -0.129. The van der Waals surface area contributed by atoms with Gasteiger partial charge in [0.15, 0.2) is 0 Å². The van der Waals surface area contributed by atoms with Crippen LogP contribution in [0.1, 0.15) is 25.8 Å². The van der Waals surface area contributed by atoms with E-state index in [-0.39, 0.29) is 5.91 Å². The van der Waals surface area contributed by atoms with Crippen molar-refractivity contribution in [1.29, 1.82) is 0 Å². The Morgan fingerprint density at radius 3 is 3.00 bits per heavy atom. The van der Waals surface area contributed by atoms with Gasteiger partial charge in [0, 0.05) is 31.4 Å². The molecule has 0 aliphatic heterocycles. The number of hydrogen-bond acceptors (Lipinski definition) is 3. The monoisotopic (exact) mass is 224 g/mol. The second-order valence-electron chi connectivity index (χ2n) is 4.05. The van der Waals surface area contributed by atoms with E-state index in [4.69, 9.17) is 0 Å². The number of H-pyrrole nitrogens is 1. The number of carbonyl (C=O) groups is 1. The minimum Gasteiger partial charge on any atom is -0.340 e. The molecular formula is C11H20N4O. The Kier molecular flexibility index (Phi) is 4.98. The standard InChI is InChI=1S/C11H20N4O/c1-4-9(2)12-7-11(16)15(3)8-10-5-13-14-6-10/h5-6,9,12H,4,7-8H2,1-3H3,(H,13,14). The lowest BCUT2D eigenvalue weighted by Crippen LogP contribution is -2.38. The number of likely N-dealkylation sites (N-methyl/N-ethyl adjacent to an activating group) is 1. The van der Waals surface area contributed by atoms with Crippen LogP contribution in [-0.2, 0) is 11.3 Å². The van der Waals surface area contributed by atoms with Crippen molar-refractivity contribution < 1.29 is 4.79 Å².